The normalized spacial score (nSPS) is 26.5. The Morgan fingerprint density at radius 2 is 1.93 bits per heavy atom. The van der Waals surface area contributed by atoms with Gasteiger partial charge in [-0.3, -0.25) is 0 Å². The van der Waals surface area contributed by atoms with Crippen molar-refractivity contribution < 1.29 is 5.11 Å². The minimum atomic E-state index is -0.0485. The summed E-state index contributed by atoms with van der Waals surface area (Å²) < 4.78 is 1.29. The first kappa shape index (κ1) is 11.4. The molecule has 0 heterocycles. The van der Waals surface area contributed by atoms with Gasteiger partial charge in [0.1, 0.15) is 0 Å². The van der Waals surface area contributed by atoms with Crippen molar-refractivity contribution in [3.63, 3.8) is 0 Å². The van der Waals surface area contributed by atoms with Gasteiger partial charge in [0, 0.05) is 3.57 Å². The Balaban J connectivity index is 1.93. The van der Waals surface area contributed by atoms with Crippen molar-refractivity contribution in [1.29, 1.82) is 0 Å². The van der Waals surface area contributed by atoms with E-state index in [4.69, 9.17) is 0 Å². The molecule has 2 unspecified atom stereocenters. The monoisotopic (exact) mass is 316 g/mol. The summed E-state index contributed by atoms with van der Waals surface area (Å²) in [5.41, 5.74) is 1.41. The van der Waals surface area contributed by atoms with Gasteiger partial charge >= 0.3 is 0 Å². The third-order valence-corrected chi connectivity index (χ3v) is 3.91. The zero-order chi connectivity index (χ0) is 10.7. The fourth-order valence-corrected chi connectivity index (χ4v) is 2.76. The quantitative estimate of drug-likeness (QED) is 0.829. The third-order valence-electron chi connectivity index (χ3n) is 3.19. The van der Waals surface area contributed by atoms with Crippen molar-refractivity contribution in [2.24, 2.45) is 5.92 Å². The molecule has 0 bridgehead atoms. The average Bonchev–Trinajstić information content (AvgIpc) is 2.22. The molecule has 0 spiro atoms. The van der Waals surface area contributed by atoms with Gasteiger partial charge in [0.25, 0.3) is 0 Å². The second-order valence-electron chi connectivity index (χ2n) is 4.52. The average molecular weight is 316 g/mol. The van der Waals surface area contributed by atoms with E-state index < -0.39 is 0 Å². The molecule has 1 nitrogen and oxygen atoms in total. The van der Waals surface area contributed by atoms with Crippen LogP contribution in [0.25, 0.3) is 0 Å². The van der Waals surface area contributed by atoms with Crippen LogP contribution in [0.4, 0.5) is 0 Å². The van der Waals surface area contributed by atoms with Crippen molar-refractivity contribution in [3.05, 3.63) is 33.4 Å². The smallest absolute Gasteiger partial charge is 0.0543 e. The topological polar surface area (TPSA) is 20.2 Å². The van der Waals surface area contributed by atoms with E-state index >= 15 is 0 Å². The molecular weight excluding hydrogens is 299 g/mol. The van der Waals surface area contributed by atoms with E-state index in [0.29, 0.717) is 5.92 Å². The Hall–Kier alpha value is -0.0900. The molecule has 0 aromatic heterocycles. The molecule has 1 saturated carbocycles. The van der Waals surface area contributed by atoms with Crippen LogP contribution in [0, 0.1) is 9.49 Å². The van der Waals surface area contributed by atoms with Gasteiger partial charge in [0.05, 0.1) is 6.10 Å². The zero-order valence-corrected chi connectivity index (χ0v) is 11.0. The van der Waals surface area contributed by atoms with E-state index in [2.05, 4.69) is 46.9 Å². The van der Waals surface area contributed by atoms with Crippen LogP contribution < -0.4 is 0 Å². The largest absolute Gasteiger partial charge is 0.393 e. The molecule has 82 valence electrons. The highest BCUT2D eigenvalue weighted by Gasteiger charge is 2.19. The first-order valence-electron chi connectivity index (χ1n) is 5.66. The predicted octanol–water partition coefficient (Wildman–Crippen LogP) is 3.38. The first-order valence-corrected chi connectivity index (χ1v) is 6.74. The molecule has 1 N–H and O–H groups in total. The number of halogens is 1. The van der Waals surface area contributed by atoms with Crippen molar-refractivity contribution in [2.75, 3.05) is 0 Å². The highest BCUT2D eigenvalue weighted by Crippen LogP contribution is 2.27. The highest BCUT2D eigenvalue weighted by atomic mass is 127. The molecule has 0 amide bonds. The molecule has 1 aromatic carbocycles. The van der Waals surface area contributed by atoms with Crippen LogP contribution in [0.2, 0.25) is 0 Å². The van der Waals surface area contributed by atoms with Crippen molar-refractivity contribution in [2.45, 2.75) is 38.2 Å². The second-order valence-corrected chi connectivity index (χ2v) is 5.76. The number of hydrogen-bond donors (Lipinski definition) is 1. The van der Waals surface area contributed by atoms with Gasteiger partial charge in [0.15, 0.2) is 0 Å². The molecule has 2 rings (SSSR count). The van der Waals surface area contributed by atoms with E-state index in [1.54, 1.807) is 0 Å². The summed E-state index contributed by atoms with van der Waals surface area (Å²) in [7, 11) is 0. The van der Waals surface area contributed by atoms with Crippen molar-refractivity contribution in [1.82, 2.24) is 0 Å². The van der Waals surface area contributed by atoms with Gasteiger partial charge in [-0.25, -0.2) is 0 Å². The standard InChI is InChI=1S/C13H17IO/c14-12-6-4-10(5-7-12)8-11-2-1-3-13(15)9-11/h4-7,11,13,15H,1-3,8-9H2. The highest BCUT2D eigenvalue weighted by molar-refractivity contribution is 14.1. The summed E-state index contributed by atoms with van der Waals surface area (Å²) in [4.78, 5) is 0. The molecule has 15 heavy (non-hydrogen) atoms. The maximum absolute atomic E-state index is 9.60. The minimum absolute atomic E-state index is 0.0485. The SMILES string of the molecule is OC1CCCC(Cc2ccc(I)cc2)C1. The maximum Gasteiger partial charge on any atom is 0.0543 e. The lowest BCUT2D eigenvalue weighted by atomic mass is 9.83. The zero-order valence-electron chi connectivity index (χ0n) is 8.82. The molecule has 1 aliphatic rings. The molecule has 2 atom stereocenters. The van der Waals surface area contributed by atoms with Gasteiger partial charge in [-0.05, 0) is 71.9 Å². The number of aliphatic hydroxyl groups excluding tert-OH is 1. The van der Waals surface area contributed by atoms with Crippen LogP contribution in [-0.2, 0) is 6.42 Å². The predicted molar refractivity (Wildman–Crippen MR) is 70.8 cm³/mol. The number of benzene rings is 1. The van der Waals surface area contributed by atoms with Crippen LogP contribution >= 0.6 is 22.6 Å². The Bertz CT molecular complexity index is 307. The molecule has 0 aliphatic heterocycles. The van der Waals surface area contributed by atoms with E-state index in [1.165, 1.54) is 22.0 Å². The van der Waals surface area contributed by atoms with E-state index in [1.807, 2.05) is 0 Å². The first-order chi connectivity index (χ1) is 7.24. The van der Waals surface area contributed by atoms with Crippen molar-refractivity contribution in [3.8, 4) is 0 Å². The van der Waals surface area contributed by atoms with E-state index in [0.717, 1.165) is 19.3 Å². The molecule has 0 radical (unpaired) electrons. The minimum Gasteiger partial charge on any atom is -0.393 e. The maximum atomic E-state index is 9.60. The van der Waals surface area contributed by atoms with Crippen LogP contribution in [0.15, 0.2) is 24.3 Å². The van der Waals surface area contributed by atoms with Crippen LogP contribution in [0.3, 0.4) is 0 Å². The molecule has 1 fully saturated rings. The summed E-state index contributed by atoms with van der Waals surface area (Å²) in [6.45, 7) is 0. The van der Waals surface area contributed by atoms with Gasteiger partial charge in [-0.15, -0.1) is 0 Å². The fourth-order valence-electron chi connectivity index (χ4n) is 2.40. The summed E-state index contributed by atoms with van der Waals surface area (Å²) >= 11 is 2.33. The number of rotatable bonds is 2. The lowest BCUT2D eigenvalue weighted by Gasteiger charge is -2.25. The van der Waals surface area contributed by atoms with E-state index in [-0.39, 0.29) is 6.10 Å². The van der Waals surface area contributed by atoms with E-state index in [9.17, 15) is 5.11 Å². The van der Waals surface area contributed by atoms with Crippen LogP contribution in [0.5, 0.6) is 0 Å². The molecule has 1 aromatic rings. The van der Waals surface area contributed by atoms with Crippen LogP contribution in [-0.4, -0.2) is 11.2 Å². The summed E-state index contributed by atoms with van der Waals surface area (Å²) in [6.07, 6.45) is 5.55. The molecule has 1 aliphatic carbocycles. The summed E-state index contributed by atoms with van der Waals surface area (Å²) in [5, 5.41) is 9.60. The molecule has 2 heteroatoms. The van der Waals surface area contributed by atoms with Gasteiger partial charge < -0.3 is 5.11 Å². The Kier molecular flexibility index (Phi) is 4.03. The Morgan fingerprint density at radius 1 is 1.20 bits per heavy atom. The number of hydrogen-bond acceptors (Lipinski definition) is 1. The summed E-state index contributed by atoms with van der Waals surface area (Å²) in [6, 6.07) is 8.75. The number of aliphatic hydroxyl groups is 1. The summed E-state index contributed by atoms with van der Waals surface area (Å²) in [5.74, 6) is 0.689. The van der Waals surface area contributed by atoms with Gasteiger partial charge in [-0.1, -0.05) is 18.6 Å². The lowest BCUT2D eigenvalue weighted by Crippen LogP contribution is -2.20. The van der Waals surface area contributed by atoms with Gasteiger partial charge in [0.2, 0.25) is 0 Å². The second kappa shape index (κ2) is 5.30. The van der Waals surface area contributed by atoms with Crippen molar-refractivity contribution >= 4 is 22.6 Å². The Labute approximate surface area is 105 Å². The third kappa shape index (κ3) is 3.45. The Morgan fingerprint density at radius 3 is 2.60 bits per heavy atom. The molecule has 0 saturated heterocycles. The lowest BCUT2D eigenvalue weighted by molar-refractivity contribution is 0.101. The molecular formula is C13H17IO. The van der Waals surface area contributed by atoms with Crippen LogP contribution in [0.1, 0.15) is 31.2 Å². The van der Waals surface area contributed by atoms with Gasteiger partial charge in [-0.2, -0.15) is 0 Å². The fraction of sp³-hybridized carbons (Fsp3) is 0.538.